The molecule has 244 valence electrons. The van der Waals surface area contributed by atoms with Gasteiger partial charge < -0.3 is 19.1 Å². The number of carbonyl (C=O) groups excluding carboxylic acids is 2. The first-order valence-corrected chi connectivity index (χ1v) is 15.2. The predicted octanol–water partition coefficient (Wildman–Crippen LogP) is 6.49. The maximum absolute atomic E-state index is 13.6. The molecular weight excluding hydrogens is 621 g/mol. The van der Waals surface area contributed by atoms with Gasteiger partial charge in [-0.25, -0.2) is 4.98 Å². The standard InChI is InChI=1S/C36H31F3N6O3/c1-42(34(46)26-10-12-28(13-11-26)36(37,38)39)29-14-15-32(41-22-29)48-31-5-3-4-27-20-30(43(2)33(27)31)35(47)45-18-16-44(17-19-45)23-25-8-6-24(21-40)7-9-25/h3-15,20,22H,16-19,23H2,1-2H3. The summed E-state index contributed by atoms with van der Waals surface area (Å²) in [6.07, 6.45) is -3.04. The number of benzene rings is 3. The van der Waals surface area contributed by atoms with Crippen molar-refractivity contribution in [2.45, 2.75) is 12.7 Å². The smallest absolute Gasteiger partial charge is 0.416 e. The summed E-state index contributed by atoms with van der Waals surface area (Å²) in [7, 11) is 3.33. The molecule has 1 aliphatic rings. The summed E-state index contributed by atoms with van der Waals surface area (Å²) in [4.78, 5) is 36.3. The summed E-state index contributed by atoms with van der Waals surface area (Å²) < 4.78 is 46.7. The zero-order valence-corrected chi connectivity index (χ0v) is 26.2. The van der Waals surface area contributed by atoms with Gasteiger partial charge in [-0.15, -0.1) is 0 Å². The number of nitrogens with zero attached hydrogens (tertiary/aromatic N) is 6. The number of anilines is 1. The largest absolute Gasteiger partial charge is 0.437 e. The van der Waals surface area contributed by atoms with Crippen LogP contribution in [0.2, 0.25) is 0 Å². The van der Waals surface area contributed by atoms with E-state index in [1.807, 2.05) is 59.0 Å². The number of ether oxygens (including phenoxy) is 1. The first-order chi connectivity index (χ1) is 23.0. The number of pyridine rings is 1. The molecule has 9 nitrogen and oxygen atoms in total. The highest BCUT2D eigenvalue weighted by molar-refractivity contribution is 6.05. The van der Waals surface area contributed by atoms with E-state index in [0.717, 1.165) is 60.4 Å². The minimum absolute atomic E-state index is 0.0686. The first-order valence-electron chi connectivity index (χ1n) is 15.2. The van der Waals surface area contributed by atoms with Crippen LogP contribution in [0.4, 0.5) is 18.9 Å². The number of hydrogen-bond donors (Lipinski definition) is 0. The summed E-state index contributed by atoms with van der Waals surface area (Å²) in [6, 6.07) is 24.3. The van der Waals surface area contributed by atoms with Crippen LogP contribution < -0.4 is 9.64 Å². The van der Waals surface area contributed by atoms with Crippen molar-refractivity contribution in [2.24, 2.45) is 7.05 Å². The number of aryl methyl sites for hydroxylation is 1. The number of fused-ring (bicyclic) bond motifs is 1. The second-order valence-electron chi connectivity index (χ2n) is 11.6. The van der Waals surface area contributed by atoms with E-state index in [2.05, 4.69) is 16.0 Å². The Morgan fingerprint density at radius 3 is 2.29 bits per heavy atom. The van der Waals surface area contributed by atoms with Crippen LogP contribution in [0.5, 0.6) is 11.6 Å². The number of hydrogen-bond acceptors (Lipinski definition) is 6. The number of para-hydroxylation sites is 1. The van der Waals surface area contributed by atoms with Gasteiger partial charge in [0.05, 0.1) is 34.6 Å². The average Bonchev–Trinajstić information content (AvgIpc) is 3.45. The second kappa shape index (κ2) is 13.2. The van der Waals surface area contributed by atoms with Crippen LogP contribution >= 0.6 is 0 Å². The minimum atomic E-state index is -4.49. The molecule has 12 heteroatoms. The van der Waals surface area contributed by atoms with Gasteiger partial charge in [-0.2, -0.15) is 18.4 Å². The molecule has 0 unspecified atom stereocenters. The van der Waals surface area contributed by atoms with E-state index in [1.165, 1.54) is 18.1 Å². The van der Waals surface area contributed by atoms with E-state index < -0.39 is 17.6 Å². The van der Waals surface area contributed by atoms with Crippen molar-refractivity contribution in [2.75, 3.05) is 38.1 Å². The van der Waals surface area contributed by atoms with Crippen LogP contribution in [0.15, 0.2) is 91.1 Å². The van der Waals surface area contributed by atoms with Crippen molar-refractivity contribution in [3.05, 3.63) is 119 Å². The van der Waals surface area contributed by atoms with E-state index in [0.29, 0.717) is 35.8 Å². The first kappa shape index (κ1) is 32.3. The van der Waals surface area contributed by atoms with E-state index >= 15 is 0 Å². The number of aromatic nitrogens is 2. The van der Waals surface area contributed by atoms with Crippen LogP contribution in [-0.4, -0.2) is 64.4 Å². The summed E-state index contributed by atoms with van der Waals surface area (Å²) in [5.74, 6) is 0.198. The Bertz CT molecular complexity index is 1990. The molecule has 1 fully saturated rings. The number of halogens is 3. The van der Waals surface area contributed by atoms with Crippen molar-refractivity contribution in [3.8, 4) is 17.7 Å². The van der Waals surface area contributed by atoms with Crippen molar-refractivity contribution in [1.29, 1.82) is 5.26 Å². The van der Waals surface area contributed by atoms with Gasteiger partial charge in [-0.3, -0.25) is 14.5 Å². The van der Waals surface area contributed by atoms with Gasteiger partial charge in [-0.05, 0) is 60.2 Å². The molecule has 1 aliphatic heterocycles. The van der Waals surface area contributed by atoms with Crippen molar-refractivity contribution in [3.63, 3.8) is 0 Å². The molecule has 0 bridgehead atoms. The number of alkyl halides is 3. The number of carbonyl (C=O) groups is 2. The maximum atomic E-state index is 13.6. The lowest BCUT2D eigenvalue weighted by Crippen LogP contribution is -2.48. The molecule has 2 amide bonds. The third-order valence-electron chi connectivity index (χ3n) is 8.47. The van der Waals surface area contributed by atoms with Gasteiger partial charge >= 0.3 is 6.18 Å². The van der Waals surface area contributed by atoms with E-state index in [-0.39, 0.29) is 17.4 Å². The zero-order valence-electron chi connectivity index (χ0n) is 26.2. The maximum Gasteiger partial charge on any atom is 0.416 e. The molecular formula is C36H31F3N6O3. The average molecular weight is 653 g/mol. The van der Waals surface area contributed by atoms with Crippen LogP contribution in [0.1, 0.15) is 37.5 Å². The lowest BCUT2D eigenvalue weighted by molar-refractivity contribution is -0.137. The Morgan fingerprint density at radius 1 is 0.958 bits per heavy atom. The molecule has 0 N–H and O–H groups in total. The zero-order chi connectivity index (χ0) is 34.0. The number of nitriles is 1. The topological polar surface area (TPSA) is 94.7 Å². The summed E-state index contributed by atoms with van der Waals surface area (Å²) in [5.41, 5.74) is 2.72. The number of amides is 2. The lowest BCUT2D eigenvalue weighted by Gasteiger charge is -2.34. The lowest BCUT2D eigenvalue weighted by atomic mass is 10.1. The Hall–Kier alpha value is -5.67. The molecule has 2 aromatic heterocycles. The van der Waals surface area contributed by atoms with Crippen molar-refractivity contribution in [1.82, 2.24) is 19.4 Å². The fourth-order valence-corrected chi connectivity index (χ4v) is 5.74. The molecule has 0 saturated carbocycles. The van der Waals surface area contributed by atoms with Gasteiger partial charge in [-0.1, -0.05) is 24.3 Å². The molecule has 0 spiro atoms. The fourth-order valence-electron chi connectivity index (χ4n) is 5.74. The number of piperazine rings is 1. The Balaban J connectivity index is 1.11. The third-order valence-corrected chi connectivity index (χ3v) is 8.47. The van der Waals surface area contributed by atoms with E-state index in [9.17, 15) is 22.8 Å². The van der Waals surface area contributed by atoms with E-state index in [1.54, 1.807) is 18.2 Å². The van der Waals surface area contributed by atoms with Crippen LogP contribution in [0.25, 0.3) is 10.9 Å². The van der Waals surface area contributed by atoms with Gasteiger partial charge in [0.25, 0.3) is 11.8 Å². The van der Waals surface area contributed by atoms with Gasteiger partial charge in [0.1, 0.15) is 5.69 Å². The van der Waals surface area contributed by atoms with E-state index in [4.69, 9.17) is 10.00 Å². The Labute approximate surface area is 275 Å². The normalized spacial score (nSPS) is 13.7. The molecule has 48 heavy (non-hydrogen) atoms. The van der Waals surface area contributed by atoms with Gasteiger partial charge in [0.15, 0.2) is 5.75 Å². The quantitative estimate of drug-likeness (QED) is 0.200. The molecule has 3 aromatic carbocycles. The molecule has 0 radical (unpaired) electrons. The Kier molecular flexibility index (Phi) is 8.88. The number of rotatable bonds is 7. The minimum Gasteiger partial charge on any atom is -0.437 e. The van der Waals surface area contributed by atoms with Gasteiger partial charge in [0, 0.05) is 63.8 Å². The highest BCUT2D eigenvalue weighted by Gasteiger charge is 2.30. The summed E-state index contributed by atoms with van der Waals surface area (Å²) in [5, 5.41) is 9.85. The monoisotopic (exact) mass is 652 g/mol. The van der Waals surface area contributed by atoms with Crippen molar-refractivity contribution < 1.29 is 27.5 Å². The second-order valence-corrected chi connectivity index (χ2v) is 11.6. The van der Waals surface area contributed by atoms with Crippen molar-refractivity contribution >= 4 is 28.4 Å². The van der Waals surface area contributed by atoms with Gasteiger partial charge in [0.2, 0.25) is 5.88 Å². The molecule has 1 saturated heterocycles. The fraction of sp³-hybridized carbons (Fsp3) is 0.222. The van der Waals surface area contributed by atoms with Crippen LogP contribution in [0, 0.1) is 11.3 Å². The van der Waals surface area contributed by atoms with Crippen LogP contribution in [-0.2, 0) is 19.8 Å². The predicted molar refractivity (Wildman–Crippen MR) is 174 cm³/mol. The Morgan fingerprint density at radius 2 is 1.67 bits per heavy atom. The summed E-state index contributed by atoms with van der Waals surface area (Å²) in [6.45, 7) is 3.40. The SMILES string of the molecule is CN(C(=O)c1ccc(C(F)(F)F)cc1)c1ccc(Oc2cccc3cc(C(=O)N4CCN(Cc5ccc(C#N)cc5)CC4)n(C)c23)nc1. The molecule has 0 aliphatic carbocycles. The molecule has 6 rings (SSSR count). The third kappa shape index (κ3) is 6.72. The molecule has 3 heterocycles. The van der Waals surface area contributed by atoms with Crippen LogP contribution in [0.3, 0.4) is 0 Å². The molecule has 0 atom stereocenters. The highest BCUT2D eigenvalue weighted by atomic mass is 19.4. The molecule has 5 aromatic rings. The summed E-state index contributed by atoms with van der Waals surface area (Å²) >= 11 is 0. The highest BCUT2D eigenvalue weighted by Crippen LogP contribution is 2.33.